The van der Waals surface area contributed by atoms with E-state index >= 15 is 0 Å². The van der Waals surface area contributed by atoms with Crippen molar-refractivity contribution < 1.29 is 8.84 Å². The van der Waals surface area contributed by atoms with Gasteiger partial charge in [-0.1, -0.05) is 20.8 Å². The lowest BCUT2D eigenvalue weighted by Crippen LogP contribution is -2.45. The van der Waals surface area contributed by atoms with Gasteiger partial charge in [-0.05, 0) is 25.1 Å². The maximum Gasteiger partial charge on any atom is 0.225 e. The van der Waals surface area contributed by atoms with Gasteiger partial charge < -0.3 is 14.6 Å². The molecule has 1 unspecified atom stereocenters. The van der Waals surface area contributed by atoms with Crippen LogP contribution in [0.1, 0.15) is 45.4 Å². The van der Waals surface area contributed by atoms with Crippen LogP contribution in [-0.2, 0) is 4.43 Å². The Labute approximate surface area is 115 Å². The van der Waals surface area contributed by atoms with Crippen LogP contribution >= 0.6 is 0 Å². The minimum atomic E-state index is -1.98. The Morgan fingerprint density at radius 2 is 2.05 bits per heavy atom. The fourth-order valence-electron chi connectivity index (χ4n) is 1.35. The first-order valence-corrected chi connectivity index (χ1v) is 9.28. The Kier molecular flexibility index (Phi) is 4.56. The third-order valence-corrected chi connectivity index (χ3v) is 8.04. The van der Waals surface area contributed by atoms with E-state index < -0.39 is 14.4 Å². The average Bonchev–Trinajstić information content (AvgIpc) is 2.72. The maximum absolute atomic E-state index is 8.79. The summed E-state index contributed by atoms with van der Waals surface area (Å²) in [7, 11) is -1.98. The molecule has 0 saturated carbocycles. The molecule has 2 N–H and O–H groups in total. The summed E-state index contributed by atoms with van der Waals surface area (Å²) in [5, 5.41) is 8.86. The Bertz CT molecular complexity index is 469. The van der Waals surface area contributed by atoms with E-state index in [-0.39, 0.29) is 16.8 Å². The van der Waals surface area contributed by atoms with Crippen molar-refractivity contribution in [3.05, 3.63) is 17.8 Å². The highest BCUT2D eigenvalue weighted by Crippen LogP contribution is 2.40. The zero-order valence-electron chi connectivity index (χ0n) is 12.5. The molecule has 0 radical (unpaired) electrons. The molecule has 0 spiro atoms. The molecule has 0 amide bonds. The van der Waals surface area contributed by atoms with Gasteiger partial charge in [-0.25, -0.2) is 4.98 Å². The molecule has 1 aromatic rings. The van der Waals surface area contributed by atoms with Gasteiger partial charge in [-0.15, -0.1) is 0 Å². The zero-order valence-corrected chi connectivity index (χ0v) is 13.5. The van der Waals surface area contributed by atoms with Crippen molar-refractivity contribution in [2.24, 2.45) is 5.73 Å². The number of aromatic nitrogens is 1. The predicted octanol–water partition coefficient (Wildman–Crippen LogP) is 2.96. The molecule has 0 aliphatic carbocycles. The smallest absolute Gasteiger partial charge is 0.225 e. The second-order valence-corrected chi connectivity index (χ2v) is 11.1. The number of nitrogens with two attached hydrogens (primary N) is 1. The summed E-state index contributed by atoms with van der Waals surface area (Å²) in [5.41, 5.74) is 5.98. The summed E-state index contributed by atoms with van der Waals surface area (Å²) in [5.74, 6) is 0.566. The molecule has 106 valence electrons. The Morgan fingerprint density at radius 1 is 1.47 bits per heavy atom. The topological polar surface area (TPSA) is 85.1 Å². The van der Waals surface area contributed by atoms with Gasteiger partial charge in [-0.2, -0.15) is 5.26 Å². The van der Waals surface area contributed by atoms with Crippen molar-refractivity contribution in [2.75, 3.05) is 0 Å². The lowest BCUT2D eigenvalue weighted by atomic mass is 10.2. The molecule has 6 heteroatoms. The number of nitrogens with zero attached hydrogens (tertiary/aromatic N) is 2. The summed E-state index contributed by atoms with van der Waals surface area (Å²) in [4.78, 5) is 4.10. The molecule has 5 nitrogen and oxygen atoms in total. The lowest BCUT2D eigenvalue weighted by Gasteiger charge is -2.39. The summed E-state index contributed by atoms with van der Waals surface area (Å²) in [6.45, 7) is 12.6. The summed E-state index contributed by atoms with van der Waals surface area (Å²) < 4.78 is 11.6. The molecule has 0 aliphatic heterocycles. The summed E-state index contributed by atoms with van der Waals surface area (Å²) in [6, 6.07) is 1.67. The lowest BCUT2D eigenvalue weighted by molar-refractivity contribution is 0.129. The third kappa shape index (κ3) is 3.66. The molecule has 1 aromatic heterocycles. The highest BCUT2D eigenvalue weighted by atomic mass is 28.4. The van der Waals surface area contributed by atoms with Crippen molar-refractivity contribution in [2.45, 2.75) is 58.0 Å². The van der Waals surface area contributed by atoms with Crippen LogP contribution in [0.5, 0.6) is 0 Å². The largest absolute Gasteiger partial charge is 0.427 e. The van der Waals surface area contributed by atoms with Crippen molar-refractivity contribution in [1.29, 1.82) is 5.26 Å². The third-order valence-electron chi connectivity index (χ3n) is 3.58. The van der Waals surface area contributed by atoms with Gasteiger partial charge in [0.25, 0.3) is 0 Å². The Balaban J connectivity index is 3.01. The highest BCUT2D eigenvalue weighted by molar-refractivity contribution is 6.74. The van der Waals surface area contributed by atoms with Crippen LogP contribution in [-0.4, -0.2) is 19.3 Å². The fourth-order valence-corrected chi connectivity index (χ4v) is 2.65. The quantitative estimate of drug-likeness (QED) is 0.858. The molecule has 0 bridgehead atoms. The SMILES string of the molecule is C[C@H](N)C(O[Si](C)(C)C(C)(C)C)c1ncc(C#N)o1. The van der Waals surface area contributed by atoms with Gasteiger partial charge in [-0.3, -0.25) is 0 Å². The fraction of sp³-hybridized carbons (Fsp3) is 0.692. The molecular formula is C13H23N3O2Si. The summed E-state index contributed by atoms with van der Waals surface area (Å²) in [6.07, 6.45) is 0.989. The number of hydrogen-bond acceptors (Lipinski definition) is 5. The average molecular weight is 281 g/mol. The Hall–Kier alpha value is -1.16. The summed E-state index contributed by atoms with van der Waals surface area (Å²) >= 11 is 0. The van der Waals surface area contributed by atoms with Crippen LogP contribution in [0.2, 0.25) is 18.1 Å². The van der Waals surface area contributed by atoms with E-state index in [9.17, 15) is 0 Å². The van der Waals surface area contributed by atoms with Gasteiger partial charge in [0.2, 0.25) is 11.7 Å². The van der Waals surface area contributed by atoms with E-state index in [2.05, 4.69) is 38.8 Å². The molecular weight excluding hydrogens is 258 g/mol. The van der Waals surface area contributed by atoms with E-state index in [4.69, 9.17) is 19.8 Å². The molecule has 2 atom stereocenters. The van der Waals surface area contributed by atoms with Gasteiger partial charge >= 0.3 is 0 Å². The van der Waals surface area contributed by atoms with Crippen LogP contribution in [0.15, 0.2) is 10.6 Å². The van der Waals surface area contributed by atoms with Gasteiger partial charge in [0.05, 0.1) is 6.20 Å². The normalized spacial score (nSPS) is 15.9. The molecule has 0 aliphatic rings. The van der Waals surface area contributed by atoms with Crippen LogP contribution < -0.4 is 5.73 Å². The van der Waals surface area contributed by atoms with E-state index in [0.717, 1.165) is 0 Å². The predicted molar refractivity (Wildman–Crippen MR) is 75.9 cm³/mol. The van der Waals surface area contributed by atoms with Gasteiger partial charge in [0, 0.05) is 6.04 Å². The zero-order chi connectivity index (χ0) is 14.8. The monoisotopic (exact) mass is 281 g/mol. The minimum absolute atomic E-state index is 0.0742. The number of rotatable bonds is 4. The maximum atomic E-state index is 8.79. The first-order valence-electron chi connectivity index (χ1n) is 6.37. The van der Waals surface area contributed by atoms with Crippen LogP contribution in [0.3, 0.4) is 0 Å². The van der Waals surface area contributed by atoms with E-state index in [1.165, 1.54) is 6.20 Å². The van der Waals surface area contributed by atoms with Crippen molar-refractivity contribution in [1.82, 2.24) is 4.98 Å². The molecule has 19 heavy (non-hydrogen) atoms. The van der Waals surface area contributed by atoms with E-state index in [1.54, 1.807) is 0 Å². The second-order valence-electron chi connectivity index (χ2n) is 6.33. The van der Waals surface area contributed by atoms with E-state index in [0.29, 0.717) is 5.89 Å². The minimum Gasteiger partial charge on any atom is -0.427 e. The number of oxazole rings is 1. The first-order chi connectivity index (χ1) is 8.58. The van der Waals surface area contributed by atoms with Gasteiger partial charge in [0.1, 0.15) is 12.2 Å². The van der Waals surface area contributed by atoms with Crippen molar-refractivity contribution in [3.8, 4) is 6.07 Å². The molecule has 0 aromatic carbocycles. The van der Waals surface area contributed by atoms with Crippen LogP contribution in [0, 0.1) is 11.3 Å². The van der Waals surface area contributed by atoms with Crippen molar-refractivity contribution in [3.63, 3.8) is 0 Å². The highest BCUT2D eigenvalue weighted by Gasteiger charge is 2.41. The van der Waals surface area contributed by atoms with Crippen LogP contribution in [0.4, 0.5) is 0 Å². The first kappa shape index (κ1) is 15.9. The molecule has 1 rings (SSSR count). The number of hydrogen-bond donors (Lipinski definition) is 1. The molecule has 0 fully saturated rings. The van der Waals surface area contributed by atoms with Gasteiger partial charge in [0.15, 0.2) is 8.32 Å². The second kappa shape index (κ2) is 5.45. The Morgan fingerprint density at radius 3 is 2.42 bits per heavy atom. The molecule has 1 heterocycles. The van der Waals surface area contributed by atoms with Crippen LogP contribution in [0.25, 0.3) is 0 Å². The van der Waals surface area contributed by atoms with E-state index in [1.807, 2.05) is 13.0 Å². The standard InChI is InChI=1S/C13H23N3O2Si/c1-9(15)11(12-16-8-10(7-14)17-12)18-19(5,6)13(2,3)4/h8-9,11H,15H2,1-6H3/t9-,11?/m0/s1. The van der Waals surface area contributed by atoms with Crippen molar-refractivity contribution >= 4 is 8.32 Å². The molecule has 0 saturated heterocycles. The number of nitriles is 1.